The zero-order valence-electron chi connectivity index (χ0n) is 11.0. The molecule has 8 nitrogen and oxygen atoms in total. The molecule has 1 fully saturated rings. The van der Waals surface area contributed by atoms with Crippen molar-refractivity contribution in [2.75, 3.05) is 12.4 Å². The minimum Gasteiger partial charge on any atom is -0.464 e. The molecule has 0 radical (unpaired) electrons. The van der Waals surface area contributed by atoms with E-state index in [1.807, 2.05) is 0 Å². The molecule has 1 saturated heterocycles. The first-order valence-corrected chi connectivity index (χ1v) is 8.95. The number of rotatable bonds is 3. The van der Waals surface area contributed by atoms with Crippen LogP contribution >= 0.6 is 0 Å². The number of carboxylic acid groups (broad SMARTS) is 1. The Labute approximate surface area is 122 Å². The fourth-order valence-electron chi connectivity index (χ4n) is 1.96. The van der Waals surface area contributed by atoms with E-state index in [2.05, 4.69) is 4.18 Å². The molecule has 21 heavy (non-hydrogen) atoms. The molecule has 1 aromatic carbocycles. The van der Waals surface area contributed by atoms with Crippen LogP contribution in [0, 0.1) is 0 Å². The van der Waals surface area contributed by atoms with Gasteiger partial charge in [0, 0.05) is 0 Å². The van der Waals surface area contributed by atoms with Gasteiger partial charge in [0.15, 0.2) is 9.84 Å². The molecule has 0 bridgehead atoms. The molecule has 0 saturated carbocycles. The van der Waals surface area contributed by atoms with E-state index >= 15 is 0 Å². The lowest BCUT2D eigenvalue weighted by Crippen LogP contribution is -2.33. The van der Waals surface area contributed by atoms with Crippen LogP contribution < -0.4 is 0 Å². The first kappa shape index (κ1) is 15.7. The molecule has 1 amide bonds. The number of hydrogen-bond acceptors (Lipinski definition) is 6. The summed E-state index contributed by atoms with van der Waals surface area (Å²) in [7, 11) is -7.68. The summed E-state index contributed by atoms with van der Waals surface area (Å²) in [5, 5.41) is 8.97. The Bertz CT molecular complexity index is 752. The van der Waals surface area contributed by atoms with Crippen LogP contribution in [0.1, 0.15) is 18.5 Å². The van der Waals surface area contributed by atoms with Crippen LogP contribution in [0.4, 0.5) is 4.79 Å². The van der Waals surface area contributed by atoms with Crippen molar-refractivity contribution in [2.24, 2.45) is 0 Å². The Hall–Kier alpha value is -1.65. The predicted octanol–water partition coefficient (Wildman–Crippen LogP) is 0.776. The van der Waals surface area contributed by atoms with Crippen molar-refractivity contribution in [1.29, 1.82) is 0 Å². The van der Waals surface area contributed by atoms with E-state index in [0.29, 0.717) is 5.56 Å². The van der Waals surface area contributed by atoms with Gasteiger partial charge in [-0.2, -0.15) is 12.7 Å². The number of hydrogen-bond donors (Lipinski definition) is 1. The third-order valence-corrected chi connectivity index (χ3v) is 6.17. The molecule has 0 spiro atoms. The summed E-state index contributed by atoms with van der Waals surface area (Å²) < 4.78 is 51.1. The average Bonchev–Trinajstić information content (AvgIpc) is 2.74. The second-order valence-corrected chi connectivity index (χ2v) is 8.07. The Morgan fingerprint density at radius 1 is 1.38 bits per heavy atom. The Kier molecular flexibility index (Phi) is 3.95. The Morgan fingerprint density at radius 2 is 1.95 bits per heavy atom. The standard InChI is InChI=1S/C11H13NO7S2/c1-2-20(15,16)9-5-3-8(4-6-9)10-7-19-21(17,18)12(10)11(13)14/h3-6,10H,2,7H2,1H3,(H,13,14)/t10-/m0/s1. The lowest BCUT2D eigenvalue weighted by Gasteiger charge is -2.17. The molecule has 1 heterocycles. The predicted molar refractivity (Wildman–Crippen MR) is 71.6 cm³/mol. The molecule has 0 aromatic heterocycles. The summed E-state index contributed by atoms with van der Waals surface area (Å²) in [6.07, 6.45) is -1.65. The van der Waals surface area contributed by atoms with Gasteiger partial charge < -0.3 is 5.11 Å². The average molecular weight is 335 g/mol. The van der Waals surface area contributed by atoms with Crippen molar-refractivity contribution in [2.45, 2.75) is 17.9 Å². The van der Waals surface area contributed by atoms with Gasteiger partial charge in [-0.3, -0.25) is 4.18 Å². The SMILES string of the molecule is CCS(=O)(=O)c1ccc([C@@H]2COS(=O)(=O)N2C(=O)O)cc1. The molecule has 1 aromatic rings. The van der Waals surface area contributed by atoms with Crippen molar-refractivity contribution in [1.82, 2.24) is 4.31 Å². The molecule has 1 aliphatic rings. The van der Waals surface area contributed by atoms with E-state index in [-0.39, 0.29) is 21.6 Å². The molecule has 0 unspecified atom stereocenters. The van der Waals surface area contributed by atoms with E-state index in [1.54, 1.807) is 0 Å². The fraction of sp³-hybridized carbons (Fsp3) is 0.364. The molecule has 1 N–H and O–H groups in total. The topological polar surface area (TPSA) is 118 Å². The first-order valence-electron chi connectivity index (χ1n) is 5.93. The van der Waals surface area contributed by atoms with E-state index in [4.69, 9.17) is 5.11 Å². The molecule has 1 atom stereocenters. The molecule has 116 valence electrons. The van der Waals surface area contributed by atoms with Crippen LogP contribution in [-0.2, 0) is 24.3 Å². The largest absolute Gasteiger partial charge is 0.464 e. The highest BCUT2D eigenvalue weighted by Crippen LogP contribution is 2.32. The quantitative estimate of drug-likeness (QED) is 0.867. The van der Waals surface area contributed by atoms with E-state index in [9.17, 15) is 21.6 Å². The Morgan fingerprint density at radius 3 is 2.43 bits per heavy atom. The highest BCUT2D eigenvalue weighted by Gasteiger charge is 2.43. The minimum absolute atomic E-state index is 0.0610. The summed E-state index contributed by atoms with van der Waals surface area (Å²) in [4.78, 5) is 11.1. The normalized spacial score (nSPS) is 21.4. The zero-order chi connectivity index (χ0) is 15.8. The smallest absolute Gasteiger partial charge is 0.423 e. The van der Waals surface area contributed by atoms with Gasteiger partial charge in [-0.05, 0) is 17.7 Å². The Balaban J connectivity index is 2.38. The van der Waals surface area contributed by atoms with Gasteiger partial charge in [0.1, 0.15) is 6.04 Å². The minimum atomic E-state index is -4.31. The second kappa shape index (κ2) is 5.28. The molecular weight excluding hydrogens is 322 g/mol. The van der Waals surface area contributed by atoms with Crippen LogP contribution in [0.3, 0.4) is 0 Å². The van der Waals surface area contributed by atoms with E-state index in [1.165, 1.54) is 31.2 Å². The summed E-state index contributed by atoms with van der Waals surface area (Å²) in [5.74, 6) is -0.0610. The van der Waals surface area contributed by atoms with E-state index < -0.39 is 32.3 Å². The summed E-state index contributed by atoms with van der Waals surface area (Å²) in [6.45, 7) is 1.17. The highest BCUT2D eigenvalue weighted by molar-refractivity contribution is 7.91. The van der Waals surface area contributed by atoms with E-state index in [0.717, 1.165) is 0 Å². The van der Waals surface area contributed by atoms with Crippen molar-refractivity contribution < 1.29 is 30.9 Å². The zero-order valence-corrected chi connectivity index (χ0v) is 12.6. The highest BCUT2D eigenvalue weighted by atomic mass is 32.2. The van der Waals surface area contributed by atoms with Crippen LogP contribution in [0.2, 0.25) is 0 Å². The number of sulfone groups is 1. The molecule has 1 aliphatic heterocycles. The number of benzene rings is 1. The fourth-order valence-corrected chi connectivity index (χ4v) is 3.94. The van der Waals surface area contributed by atoms with Crippen LogP contribution in [0.5, 0.6) is 0 Å². The lowest BCUT2D eigenvalue weighted by atomic mass is 10.1. The van der Waals surface area contributed by atoms with Crippen molar-refractivity contribution >= 4 is 26.2 Å². The van der Waals surface area contributed by atoms with Gasteiger partial charge >= 0.3 is 16.4 Å². The monoisotopic (exact) mass is 335 g/mol. The maximum atomic E-state index is 11.7. The molecule has 0 aliphatic carbocycles. The lowest BCUT2D eigenvalue weighted by molar-refractivity contribution is 0.164. The molecular formula is C11H13NO7S2. The molecule has 2 rings (SSSR count). The number of carbonyl (C=O) groups is 1. The van der Waals surface area contributed by atoms with Crippen LogP contribution in [0.25, 0.3) is 0 Å². The summed E-state index contributed by atoms with van der Waals surface area (Å²) >= 11 is 0. The number of nitrogens with zero attached hydrogens (tertiary/aromatic N) is 1. The van der Waals surface area contributed by atoms with Crippen molar-refractivity contribution in [3.63, 3.8) is 0 Å². The van der Waals surface area contributed by atoms with Crippen LogP contribution in [-0.4, -0.2) is 44.7 Å². The molecule has 10 heteroatoms. The summed E-state index contributed by atoms with van der Waals surface area (Å²) in [5.41, 5.74) is 0.341. The first-order chi connectivity index (χ1) is 9.69. The summed E-state index contributed by atoms with van der Waals surface area (Å²) in [6, 6.07) is 4.38. The second-order valence-electron chi connectivity index (χ2n) is 4.31. The van der Waals surface area contributed by atoms with Gasteiger partial charge in [0.25, 0.3) is 0 Å². The third-order valence-electron chi connectivity index (χ3n) is 3.09. The van der Waals surface area contributed by atoms with Crippen molar-refractivity contribution in [3.05, 3.63) is 29.8 Å². The van der Waals surface area contributed by atoms with Gasteiger partial charge in [-0.25, -0.2) is 13.2 Å². The van der Waals surface area contributed by atoms with Gasteiger partial charge in [-0.15, -0.1) is 0 Å². The van der Waals surface area contributed by atoms with Crippen LogP contribution in [0.15, 0.2) is 29.2 Å². The van der Waals surface area contributed by atoms with Crippen molar-refractivity contribution in [3.8, 4) is 0 Å². The number of amides is 1. The van der Waals surface area contributed by atoms with Gasteiger partial charge in [0.2, 0.25) is 0 Å². The van der Waals surface area contributed by atoms with Gasteiger partial charge in [-0.1, -0.05) is 19.1 Å². The maximum absolute atomic E-state index is 11.7. The maximum Gasteiger partial charge on any atom is 0.423 e. The van der Waals surface area contributed by atoms with Gasteiger partial charge in [0.05, 0.1) is 17.3 Å². The third kappa shape index (κ3) is 2.87.